The summed E-state index contributed by atoms with van der Waals surface area (Å²) >= 11 is 6.15. The number of amides is 1. The van der Waals surface area contributed by atoms with Crippen molar-refractivity contribution in [2.24, 2.45) is 0 Å². The molecule has 0 saturated heterocycles. The molecule has 1 amide bonds. The molecule has 0 fully saturated rings. The van der Waals surface area contributed by atoms with Gasteiger partial charge in [0.25, 0.3) is 5.91 Å². The van der Waals surface area contributed by atoms with Gasteiger partial charge in [-0.2, -0.15) is 0 Å². The van der Waals surface area contributed by atoms with Crippen molar-refractivity contribution in [3.05, 3.63) is 41.3 Å². The van der Waals surface area contributed by atoms with Gasteiger partial charge in [-0.25, -0.2) is 0 Å². The number of nitrogens with one attached hydrogen (secondary N) is 1. The molecule has 0 aliphatic carbocycles. The van der Waals surface area contributed by atoms with Crippen molar-refractivity contribution >= 4 is 23.2 Å². The number of halogens is 1. The molecule has 2 heterocycles. The van der Waals surface area contributed by atoms with Gasteiger partial charge in [0.1, 0.15) is 6.26 Å². The minimum atomic E-state index is -0.296. The highest BCUT2D eigenvalue weighted by Crippen LogP contribution is 2.37. The standard InChI is InChI=1S/C14H12ClNO4/c15-10-6-12-13(20-4-1-3-19-12)7-11(10)16-14(17)9-2-5-18-8-9/h2,5-8H,1,3-4H2,(H,16,17). The van der Waals surface area contributed by atoms with E-state index in [4.69, 9.17) is 25.5 Å². The number of anilines is 1. The molecule has 1 aromatic heterocycles. The second kappa shape index (κ2) is 5.46. The summed E-state index contributed by atoms with van der Waals surface area (Å²) in [7, 11) is 0. The number of rotatable bonds is 2. The first-order chi connectivity index (χ1) is 9.74. The van der Waals surface area contributed by atoms with Crippen LogP contribution in [-0.4, -0.2) is 19.1 Å². The van der Waals surface area contributed by atoms with Gasteiger partial charge in [0, 0.05) is 18.6 Å². The van der Waals surface area contributed by atoms with Crippen molar-refractivity contribution in [3.63, 3.8) is 0 Å². The Morgan fingerprint density at radius 2 is 1.95 bits per heavy atom. The number of fused-ring (bicyclic) bond motifs is 1. The van der Waals surface area contributed by atoms with Crippen LogP contribution < -0.4 is 14.8 Å². The summed E-state index contributed by atoms with van der Waals surface area (Å²) in [6.07, 6.45) is 3.61. The van der Waals surface area contributed by atoms with Gasteiger partial charge < -0.3 is 19.2 Å². The van der Waals surface area contributed by atoms with E-state index in [0.717, 1.165) is 6.42 Å². The molecule has 1 aromatic carbocycles. The quantitative estimate of drug-likeness (QED) is 0.922. The molecule has 0 saturated carbocycles. The first kappa shape index (κ1) is 12.9. The second-order valence-electron chi connectivity index (χ2n) is 4.30. The van der Waals surface area contributed by atoms with Crippen LogP contribution in [0.1, 0.15) is 16.8 Å². The lowest BCUT2D eigenvalue weighted by atomic mass is 10.2. The van der Waals surface area contributed by atoms with Crippen molar-refractivity contribution in [2.75, 3.05) is 18.5 Å². The topological polar surface area (TPSA) is 60.7 Å². The smallest absolute Gasteiger partial charge is 0.258 e. The average Bonchev–Trinajstić information content (AvgIpc) is 2.88. The number of benzene rings is 1. The molecule has 0 spiro atoms. The van der Waals surface area contributed by atoms with E-state index in [9.17, 15) is 4.79 Å². The highest BCUT2D eigenvalue weighted by molar-refractivity contribution is 6.34. The van der Waals surface area contributed by atoms with Crippen LogP contribution in [0.4, 0.5) is 5.69 Å². The van der Waals surface area contributed by atoms with Crippen molar-refractivity contribution < 1.29 is 18.7 Å². The number of hydrogen-bond acceptors (Lipinski definition) is 4. The van der Waals surface area contributed by atoms with Crippen molar-refractivity contribution in [1.82, 2.24) is 0 Å². The molecule has 6 heteroatoms. The molecule has 3 rings (SSSR count). The molecule has 5 nitrogen and oxygen atoms in total. The third kappa shape index (κ3) is 2.58. The molecule has 1 aliphatic heterocycles. The van der Waals surface area contributed by atoms with E-state index in [1.54, 1.807) is 18.2 Å². The van der Waals surface area contributed by atoms with E-state index < -0.39 is 0 Å². The number of carbonyl (C=O) groups excluding carboxylic acids is 1. The van der Waals surface area contributed by atoms with Crippen LogP contribution in [0.2, 0.25) is 5.02 Å². The Morgan fingerprint density at radius 1 is 1.20 bits per heavy atom. The van der Waals surface area contributed by atoms with Crippen LogP contribution in [0.15, 0.2) is 35.1 Å². The van der Waals surface area contributed by atoms with Crippen molar-refractivity contribution in [3.8, 4) is 11.5 Å². The summed E-state index contributed by atoms with van der Waals surface area (Å²) in [6.45, 7) is 1.16. The van der Waals surface area contributed by atoms with Gasteiger partial charge in [-0.15, -0.1) is 0 Å². The van der Waals surface area contributed by atoms with Gasteiger partial charge in [0.2, 0.25) is 0 Å². The number of hydrogen-bond donors (Lipinski definition) is 1. The molecule has 0 atom stereocenters. The van der Waals surface area contributed by atoms with E-state index in [1.807, 2.05) is 0 Å². The van der Waals surface area contributed by atoms with Gasteiger partial charge in [0.05, 0.1) is 35.8 Å². The van der Waals surface area contributed by atoms with Crippen LogP contribution >= 0.6 is 11.6 Å². The first-order valence-corrected chi connectivity index (χ1v) is 6.54. The van der Waals surface area contributed by atoms with E-state index in [1.165, 1.54) is 12.5 Å². The van der Waals surface area contributed by atoms with Crippen LogP contribution in [0.3, 0.4) is 0 Å². The first-order valence-electron chi connectivity index (χ1n) is 6.17. The molecule has 0 radical (unpaired) electrons. The summed E-state index contributed by atoms with van der Waals surface area (Å²) in [5, 5.41) is 3.11. The lowest BCUT2D eigenvalue weighted by Crippen LogP contribution is -2.11. The molecule has 1 N–H and O–H groups in total. The third-order valence-corrected chi connectivity index (χ3v) is 3.18. The number of ether oxygens (including phenoxy) is 2. The Morgan fingerprint density at radius 3 is 2.65 bits per heavy atom. The van der Waals surface area contributed by atoms with Gasteiger partial charge >= 0.3 is 0 Å². The zero-order valence-corrected chi connectivity index (χ0v) is 11.3. The van der Waals surface area contributed by atoms with E-state index in [0.29, 0.717) is 41.0 Å². The zero-order valence-electron chi connectivity index (χ0n) is 10.5. The minimum absolute atomic E-state index is 0.296. The third-order valence-electron chi connectivity index (χ3n) is 2.87. The molecule has 2 aromatic rings. The maximum Gasteiger partial charge on any atom is 0.258 e. The molecular weight excluding hydrogens is 282 g/mol. The Hall–Kier alpha value is -2.14. The fraction of sp³-hybridized carbons (Fsp3) is 0.214. The van der Waals surface area contributed by atoms with Gasteiger partial charge in [0.15, 0.2) is 11.5 Å². The Labute approximate surface area is 120 Å². The normalized spacial score (nSPS) is 13.7. The van der Waals surface area contributed by atoms with Gasteiger partial charge in [-0.05, 0) is 6.07 Å². The Kier molecular flexibility index (Phi) is 3.52. The van der Waals surface area contributed by atoms with Crippen LogP contribution in [0, 0.1) is 0 Å². The molecule has 0 unspecified atom stereocenters. The van der Waals surface area contributed by atoms with E-state index >= 15 is 0 Å². The summed E-state index contributed by atoms with van der Waals surface area (Å²) in [4.78, 5) is 12.0. The predicted molar refractivity (Wildman–Crippen MR) is 73.7 cm³/mol. The van der Waals surface area contributed by atoms with Gasteiger partial charge in [-0.1, -0.05) is 11.6 Å². The largest absolute Gasteiger partial charge is 0.490 e. The average molecular weight is 294 g/mol. The van der Waals surface area contributed by atoms with Gasteiger partial charge in [-0.3, -0.25) is 4.79 Å². The number of furan rings is 1. The maximum absolute atomic E-state index is 12.0. The zero-order chi connectivity index (χ0) is 13.9. The lowest BCUT2D eigenvalue weighted by molar-refractivity contribution is 0.102. The molecule has 1 aliphatic rings. The highest BCUT2D eigenvalue weighted by atomic mass is 35.5. The van der Waals surface area contributed by atoms with E-state index in [2.05, 4.69) is 5.32 Å². The highest BCUT2D eigenvalue weighted by Gasteiger charge is 2.16. The van der Waals surface area contributed by atoms with Crippen LogP contribution in [-0.2, 0) is 0 Å². The molecule has 20 heavy (non-hydrogen) atoms. The Bertz CT molecular complexity index is 624. The summed E-state index contributed by atoms with van der Waals surface area (Å²) < 4.78 is 16.0. The fourth-order valence-corrected chi connectivity index (χ4v) is 2.07. The summed E-state index contributed by atoms with van der Waals surface area (Å²) in [5.41, 5.74) is 0.898. The van der Waals surface area contributed by atoms with Crippen molar-refractivity contribution in [2.45, 2.75) is 6.42 Å². The second-order valence-corrected chi connectivity index (χ2v) is 4.70. The minimum Gasteiger partial charge on any atom is -0.490 e. The maximum atomic E-state index is 12.0. The monoisotopic (exact) mass is 293 g/mol. The van der Waals surface area contributed by atoms with Crippen molar-refractivity contribution in [1.29, 1.82) is 0 Å². The predicted octanol–water partition coefficient (Wildman–Crippen LogP) is 3.35. The molecule has 0 bridgehead atoms. The van der Waals surface area contributed by atoms with Crippen LogP contribution in [0.25, 0.3) is 0 Å². The lowest BCUT2D eigenvalue weighted by Gasteiger charge is -2.12. The summed E-state index contributed by atoms with van der Waals surface area (Å²) in [6, 6.07) is 4.89. The van der Waals surface area contributed by atoms with Crippen LogP contribution in [0.5, 0.6) is 11.5 Å². The molecular formula is C14H12ClNO4. The SMILES string of the molecule is O=C(Nc1cc2c(cc1Cl)OCCCO2)c1ccoc1. The molecule has 104 valence electrons. The van der Waals surface area contributed by atoms with E-state index in [-0.39, 0.29) is 5.91 Å². The summed E-state index contributed by atoms with van der Waals surface area (Å²) in [5.74, 6) is 0.873. The fourth-order valence-electron chi connectivity index (χ4n) is 1.87. The Balaban J connectivity index is 1.86. The number of carbonyl (C=O) groups is 1.